The van der Waals surface area contributed by atoms with Crippen LogP contribution in [0.5, 0.6) is 0 Å². The largest absolute Gasteiger partial charge is 0.257 e. The fourth-order valence-corrected chi connectivity index (χ4v) is 0.882. The van der Waals surface area contributed by atoms with Crippen LogP contribution >= 0.6 is 24.0 Å². The van der Waals surface area contributed by atoms with Crippen molar-refractivity contribution in [2.24, 2.45) is 0 Å². The van der Waals surface area contributed by atoms with Crippen molar-refractivity contribution in [2.75, 3.05) is 0 Å². The highest BCUT2D eigenvalue weighted by atomic mass is 35.5. The number of alkyl halides is 3. The molecule has 0 saturated carbocycles. The Morgan fingerprint density at radius 1 is 1.58 bits per heavy atom. The second kappa shape index (κ2) is 5.27. The predicted molar refractivity (Wildman–Crippen MR) is 42.8 cm³/mol. The smallest absolute Gasteiger partial charge is 0.243 e. The molecule has 0 amide bonds. The van der Waals surface area contributed by atoms with E-state index in [4.69, 9.17) is 11.6 Å². The Kier molecular flexibility index (Phi) is 5.08. The first-order valence-corrected chi connectivity index (χ1v) is 3.48. The van der Waals surface area contributed by atoms with Gasteiger partial charge in [0.25, 0.3) is 6.43 Å². The Morgan fingerprint density at radius 3 is 2.75 bits per heavy atom. The van der Waals surface area contributed by atoms with Gasteiger partial charge in [-0.3, -0.25) is 0 Å². The molecular weight excluding hydrogens is 211 g/mol. The lowest BCUT2D eigenvalue weighted by atomic mass is 10.6. The summed E-state index contributed by atoms with van der Waals surface area (Å²) in [6.45, 7) is -0.442. The minimum atomic E-state index is -2.42. The van der Waals surface area contributed by atoms with Gasteiger partial charge in [-0.1, -0.05) is 0 Å². The van der Waals surface area contributed by atoms with Gasteiger partial charge in [-0.25, -0.2) is 18.4 Å². The monoisotopic (exact) mass is 217 g/mol. The molecule has 70 valence electrons. The first-order valence-electron chi connectivity index (χ1n) is 2.95. The SMILES string of the molecule is Cl.FC(F)Cn1ncnc1CCl. The molecule has 0 unspecified atom stereocenters. The zero-order valence-electron chi connectivity index (χ0n) is 5.95. The minimum Gasteiger partial charge on any atom is -0.243 e. The highest BCUT2D eigenvalue weighted by Crippen LogP contribution is 2.02. The van der Waals surface area contributed by atoms with Crippen LogP contribution in [0.2, 0.25) is 0 Å². The molecule has 12 heavy (non-hydrogen) atoms. The highest BCUT2D eigenvalue weighted by molar-refractivity contribution is 6.16. The van der Waals surface area contributed by atoms with Crippen molar-refractivity contribution in [3.05, 3.63) is 12.2 Å². The molecule has 0 N–H and O–H groups in total. The van der Waals surface area contributed by atoms with Gasteiger partial charge >= 0.3 is 0 Å². The van der Waals surface area contributed by atoms with E-state index < -0.39 is 13.0 Å². The Labute approximate surface area is 79.1 Å². The molecule has 1 rings (SSSR count). The van der Waals surface area contributed by atoms with Gasteiger partial charge in [0, 0.05) is 0 Å². The summed E-state index contributed by atoms with van der Waals surface area (Å²) in [7, 11) is 0. The summed E-state index contributed by atoms with van der Waals surface area (Å²) in [4.78, 5) is 3.67. The van der Waals surface area contributed by atoms with Crippen LogP contribution in [0.3, 0.4) is 0 Å². The maximum absolute atomic E-state index is 11.8. The molecule has 1 aromatic heterocycles. The van der Waals surface area contributed by atoms with Gasteiger partial charge in [0.15, 0.2) is 0 Å². The van der Waals surface area contributed by atoms with Crippen LogP contribution in [-0.4, -0.2) is 21.2 Å². The summed E-state index contributed by atoms with van der Waals surface area (Å²) >= 11 is 5.39. The molecule has 0 saturated heterocycles. The standard InChI is InChI=1S/C5H6ClF2N3.ClH/c6-1-5-9-3-10-11(5)2-4(7)8;/h3-4H,1-2H2;1H. The molecule has 1 heterocycles. The van der Waals surface area contributed by atoms with Gasteiger partial charge in [-0.15, -0.1) is 24.0 Å². The van der Waals surface area contributed by atoms with Gasteiger partial charge in [-0.2, -0.15) is 5.10 Å². The Morgan fingerprint density at radius 2 is 2.25 bits per heavy atom. The predicted octanol–water partition coefficient (Wildman–Crippen LogP) is 1.70. The number of halogens is 4. The fourth-order valence-electron chi connectivity index (χ4n) is 0.675. The van der Waals surface area contributed by atoms with Crippen LogP contribution in [-0.2, 0) is 12.4 Å². The Balaban J connectivity index is 0.00000121. The van der Waals surface area contributed by atoms with Crippen molar-refractivity contribution >= 4 is 24.0 Å². The third kappa shape index (κ3) is 2.91. The van der Waals surface area contributed by atoms with Crippen LogP contribution in [0.1, 0.15) is 5.82 Å². The Bertz CT molecular complexity index is 228. The van der Waals surface area contributed by atoms with E-state index in [2.05, 4.69) is 10.1 Å². The van der Waals surface area contributed by atoms with Crippen molar-refractivity contribution in [1.82, 2.24) is 14.8 Å². The highest BCUT2D eigenvalue weighted by Gasteiger charge is 2.08. The molecule has 1 aromatic rings. The van der Waals surface area contributed by atoms with Crippen LogP contribution in [0.25, 0.3) is 0 Å². The average Bonchev–Trinajstić information content (AvgIpc) is 2.34. The van der Waals surface area contributed by atoms with Crippen molar-refractivity contribution in [3.63, 3.8) is 0 Å². The number of aromatic nitrogens is 3. The van der Waals surface area contributed by atoms with Gasteiger partial charge in [0.2, 0.25) is 0 Å². The van der Waals surface area contributed by atoms with E-state index in [9.17, 15) is 8.78 Å². The number of rotatable bonds is 3. The maximum Gasteiger partial charge on any atom is 0.257 e. The molecule has 0 aliphatic heterocycles. The Hall–Kier alpha value is -0.420. The molecule has 3 nitrogen and oxygen atoms in total. The summed E-state index contributed by atoms with van der Waals surface area (Å²) in [6, 6.07) is 0. The van der Waals surface area contributed by atoms with Crippen molar-refractivity contribution < 1.29 is 8.78 Å². The van der Waals surface area contributed by atoms with E-state index in [1.165, 1.54) is 6.33 Å². The topological polar surface area (TPSA) is 30.7 Å². The van der Waals surface area contributed by atoms with Gasteiger partial charge in [-0.05, 0) is 0 Å². The molecule has 0 bridgehead atoms. The van der Waals surface area contributed by atoms with Gasteiger partial charge in [0.05, 0.1) is 5.88 Å². The van der Waals surface area contributed by atoms with Gasteiger partial charge in [0.1, 0.15) is 18.7 Å². The first kappa shape index (κ1) is 11.6. The molecule has 7 heteroatoms. The molecule has 0 atom stereocenters. The molecule has 0 spiro atoms. The quantitative estimate of drug-likeness (QED) is 0.723. The van der Waals surface area contributed by atoms with Crippen molar-refractivity contribution in [3.8, 4) is 0 Å². The molecule has 0 aromatic carbocycles. The summed E-state index contributed by atoms with van der Waals surface area (Å²) in [5.41, 5.74) is 0. The molecule has 0 radical (unpaired) electrons. The average molecular weight is 218 g/mol. The number of hydrogen-bond donors (Lipinski definition) is 0. The first-order chi connectivity index (χ1) is 5.24. The summed E-state index contributed by atoms with van der Waals surface area (Å²) < 4.78 is 24.7. The van der Waals surface area contributed by atoms with E-state index in [1.54, 1.807) is 0 Å². The molecule has 0 aliphatic rings. The lowest BCUT2D eigenvalue weighted by molar-refractivity contribution is 0.120. The third-order valence-electron chi connectivity index (χ3n) is 1.13. The van der Waals surface area contributed by atoms with E-state index in [1.807, 2.05) is 0 Å². The van der Waals surface area contributed by atoms with E-state index in [-0.39, 0.29) is 18.3 Å². The van der Waals surface area contributed by atoms with Crippen LogP contribution < -0.4 is 0 Å². The second-order valence-electron chi connectivity index (χ2n) is 1.88. The third-order valence-corrected chi connectivity index (χ3v) is 1.37. The van der Waals surface area contributed by atoms with E-state index >= 15 is 0 Å². The van der Waals surface area contributed by atoms with Gasteiger partial charge < -0.3 is 0 Å². The summed E-state index contributed by atoms with van der Waals surface area (Å²) in [5.74, 6) is 0.471. The lowest BCUT2D eigenvalue weighted by Crippen LogP contribution is -2.10. The second-order valence-corrected chi connectivity index (χ2v) is 2.15. The van der Waals surface area contributed by atoms with E-state index in [0.717, 1.165) is 4.68 Å². The molecule has 0 fully saturated rings. The zero-order valence-corrected chi connectivity index (χ0v) is 7.53. The van der Waals surface area contributed by atoms with E-state index in [0.29, 0.717) is 5.82 Å². The van der Waals surface area contributed by atoms with Crippen LogP contribution in [0.4, 0.5) is 8.78 Å². The van der Waals surface area contributed by atoms with Crippen LogP contribution in [0, 0.1) is 0 Å². The summed E-state index contributed by atoms with van der Waals surface area (Å²) in [5, 5.41) is 3.57. The number of hydrogen-bond acceptors (Lipinski definition) is 2. The normalized spacial score (nSPS) is 10.0. The zero-order chi connectivity index (χ0) is 8.27. The summed E-state index contributed by atoms with van der Waals surface area (Å²) in [6.07, 6.45) is -1.21. The lowest BCUT2D eigenvalue weighted by Gasteiger charge is -2.00. The van der Waals surface area contributed by atoms with Crippen LogP contribution in [0.15, 0.2) is 6.33 Å². The van der Waals surface area contributed by atoms with Crippen molar-refractivity contribution in [1.29, 1.82) is 0 Å². The number of nitrogens with zero attached hydrogens (tertiary/aromatic N) is 3. The minimum absolute atomic E-state index is 0. The molecular formula is C5H7Cl2F2N3. The van der Waals surface area contributed by atoms with Crippen molar-refractivity contribution in [2.45, 2.75) is 18.9 Å². The maximum atomic E-state index is 11.8. The molecule has 0 aliphatic carbocycles. The fraction of sp³-hybridized carbons (Fsp3) is 0.600.